The molecule has 3 rings (SSSR count). The molecule has 28 heavy (non-hydrogen) atoms. The Labute approximate surface area is 161 Å². The molecule has 1 aromatic heterocycles. The lowest BCUT2D eigenvalue weighted by atomic mass is 10.0. The Balaban J connectivity index is 2.11. The molecule has 1 heterocycles. The number of aromatic nitrogens is 2. The van der Waals surface area contributed by atoms with E-state index in [0.717, 1.165) is 0 Å². The normalized spacial score (nSPS) is 13.2. The lowest BCUT2D eigenvalue weighted by Crippen LogP contribution is -2.48. The van der Waals surface area contributed by atoms with Crippen molar-refractivity contribution in [2.75, 3.05) is 0 Å². The van der Waals surface area contributed by atoms with Crippen LogP contribution in [-0.2, 0) is 9.59 Å². The Morgan fingerprint density at radius 2 is 1.68 bits per heavy atom. The van der Waals surface area contributed by atoms with Gasteiger partial charge in [-0.15, -0.1) is 0 Å². The standard InChI is InChI=1S/C21H21N3O4/c1-13(2)17(21(27)28)23-19(25)18(14-8-4-3-5-9-14)24-12-22-16-11-7-6-10-15(16)20(24)26/h3-13,17-18H,1-2H3,(H,23,25)(H,27,28)/t17-,18-/m0/s1. The van der Waals surface area contributed by atoms with Crippen molar-refractivity contribution in [1.82, 2.24) is 14.9 Å². The number of fused-ring (bicyclic) bond motifs is 1. The van der Waals surface area contributed by atoms with Crippen LogP contribution in [0.1, 0.15) is 25.5 Å². The second-order valence-electron chi connectivity index (χ2n) is 6.86. The van der Waals surface area contributed by atoms with Gasteiger partial charge in [0.05, 0.1) is 17.2 Å². The SMILES string of the molecule is CC(C)[C@H](NC(=O)[C@H](c1ccccc1)n1cnc2ccccc2c1=O)C(=O)O. The van der Waals surface area contributed by atoms with E-state index in [2.05, 4.69) is 10.3 Å². The number of benzene rings is 2. The van der Waals surface area contributed by atoms with Crippen LogP contribution < -0.4 is 10.9 Å². The Morgan fingerprint density at radius 1 is 1.04 bits per heavy atom. The molecule has 0 aliphatic heterocycles. The van der Waals surface area contributed by atoms with E-state index in [9.17, 15) is 19.5 Å². The molecule has 2 N–H and O–H groups in total. The number of nitrogens with one attached hydrogen (secondary N) is 1. The van der Waals surface area contributed by atoms with Crippen LogP contribution in [0.3, 0.4) is 0 Å². The molecule has 2 atom stereocenters. The van der Waals surface area contributed by atoms with Crippen LogP contribution in [0.15, 0.2) is 65.7 Å². The highest BCUT2D eigenvalue weighted by atomic mass is 16.4. The number of carboxylic acid groups (broad SMARTS) is 1. The topological polar surface area (TPSA) is 101 Å². The van der Waals surface area contributed by atoms with E-state index in [-0.39, 0.29) is 11.5 Å². The van der Waals surface area contributed by atoms with E-state index in [0.29, 0.717) is 16.5 Å². The summed E-state index contributed by atoms with van der Waals surface area (Å²) in [5.74, 6) is -2.02. The Bertz CT molecular complexity index is 1060. The number of carboxylic acids is 1. The highest BCUT2D eigenvalue weighted by Crippen LogP contribution is 2.19. The third-order valence-corrected chi connectivity index (χ3v) is 4.56. The molecule has 0 spiro atoms. The van der Waals surface area contributed by atoms with Gasteiger partial charge in [-0.05, 0) is 23.6 Å². The zero-order valence-corrected chi connectivity index (χ0v) is 15.6. The fourth-order valence-corrected chi connectivity index (χ4v) is 3.09. The molecule has 3 aromatic rings. The summed E-state index contributed by atoms with van der Waals surface area (Å²) < 4.78 is 1.24. The Kier molecular flexibility index (Phi) is 5.54. The summed E-state index contributed by atoms with van der Waals surface area (Å²) in [6.07, 6.45) is 1.33. The van der Waals surface area contributed by atoms with Gasteiger partial charge in [0.1, 0.15) is 12.1 Å². The van der Waals surface area contributed by atoms with E-state index >= 15 is 0 Å². The number of nitrogens with zero attached hydrogens (tertiary/aromatic N) is 2. The Morgan fingerprint density at radius 3 is 2.32 bits per heavy atom. The number of amides is 1. The molecule has 144 valence electrons. The number of hydrogen-bond acceptors (Lipinski definition) is 4. The zero-order chi connectivity index (χ0) is 20.3. The van der Waals surface area contributed by atoms with Crippen molar-refractivity contribution >= 4 is 22.8 Å². The lowest BCUT2D eigenvalue weighted by molar-refractivity contribution is -0.143. The summed E-state index contributed by atoms with van der Waals surface area (Å²) in [5.41, 5.74) is 0.722. The van der Waals surface area contributed by atoms with Crippen molar-refractivity contribution in [2.24, 2.45) is 5.92 Å². The summed E-state index contributed by atoms with van der Waals surface area (Å²) in [6.45, 7) is 3.42. The van der Waals surface area contributed by atoms with Gasteiger partial charge in [-0.2, -0.15) is 0 Å². The molecule has 7 heteroatoms. The third kappa shape index (κ3) is 3.78. The van der Waals surface area contributed by atoms with E-state index in [1.165, 1.54) is 10.9 Å². The number of aliphatic carboxylic acids is 1. The maximum absolute atomic E-state index is 13.1. The molecule has 0 bridgehead atoms. The summed E-state index contributed by atoms with van der Waals surface area (Å²) in [7, 11) is 0. The minimum Gasteiger partial charge on any atom is -0.480 e. The molecule has 0 fully saturated rings. The average molecular weight is 379 g/mol. The molecule has 7 nitrogen and oxygen atoms in total. The van der Waals surface area contributed by atoms with Gasteiger partial charge >= 0.3 is 5.97 Å². The van der Waals surface area contributed by atoms with Crippen LogP contribution in [0.5, 0.6) is 0 Å². The van der Waals surface area contributed by atoms with Gasteiger partial charge in [0.25, 0.3) is 5.56 Å². The van der Waals surface area contributed by atoms with Gasteiger partial charge in [0.15, 0.2) is 0 Å². The quantitative estimate of drug-likeness (QED) is 0.684. The van der Waals surface area contributed by atoms with Gasteiger partial charge < -0.3 is 10.4 Å². The largest absolute Gasteiger partial charge is 0.480 e. The van der Waals surface area contributed by atoms with Gasteiger partial charge in [-0.1, -0.05) is 56.3 Å². The van der Waals surface area contributed by atoms with E-state index in [1.54, 1.807) is 68.4 Å². The monoisotopic (exact) mass is 379 g/mol. The van der Waals surface area contributed by atoms with Gasteiger partial charge in [0.2, 0.25) is 5.91 Å². The second-order valence-corrected chi connectivity index (χ2v) is 6.86. The van der Waals surface area contributed by atoms with E-state index < -0.39 is 24.0 Å². The maximum Gasteiger partial charge on any atom is 0.326 e. The fourth-order valence-electron chi connectivity index (χ4n) is 3.09. The average Bonchev–Trinajstić information content (AvgIpc) is 2.68. The summed E-state index contributed by atoms with van der Waals surface area (Å²) in [6, 6.07) is 13.5. The number of hydrogen-bond donors (Lipinski definition) is 2. The first-order valence-electron chi connectivity index (χ1n) is 8.94. The predicted molar refractivity (Wildman–Crippen MR) is 105 cm³/mol. The molecule has 0 saturated carbocycles. The van der Waals surface area contributed by atoms with Crippen LogP contribution in [0.25, 0.3) is 10.9 Å². The van der Waals surface area contributed by atoms with Gasteiger partial charge in [-0.3, -0.25) is 14.2 Å². The van der Waals surface area contributed by atoms with Gasteiger partial charge in [-0.25, -0.2) is 9.78 Å². The second kappa shape index (κ2) is 8.04. The molecule has 1 amide bonds. The number of carbonyl (C=O) groups excluding carboxylic acids is 1. The van der Waals surface area contributed by atoms with E-state index in [4.69, 9.17) is 0 Å². The molecule has 0 aliphatic carbocycles. The van der Waals surface area contributed by atoms with Crippen LogP contribution in [0, 0.1) is 5.92 Å². The minimum atomic E-state index is -1.13. The number of para-hydroxylation sites is 1. The Hall–Kier alpha value is -3.48. The van der Waals surface area contributed by atoms with Crippen LogP contribution in [0.4, 0.5) is 0 Å². The van der Waals surface area contributed by atoms with Crippen LogP contribution >= 0.6 is 0 Å². The maximum atomic E-state index is 13.1. The first-order chi connectivity index (χ1) is 13.4. The van der Waals surface area contributed by atoms with Crippen molar-refractivity contribution in [2.45, 2.75) is 25.9 Å². The molecular formula is C21H21N3O4. The number of rotatable bonds is 6. The number of carbonyl (C=O) groups is 2. The van der Waals surface area contributed by atoms with Crippen molar-refractivity contribution in [3.05, 3.63) is 76.8 Å². The van der Waals surface area contributed by atoms with Gasteiger partial charge in [0, 0.05) is 0 Å². The van der Waals surface area contributed by atoms with Crippen molar-refractivity contribution in [3.8, 4) is 0 Å². The smallest absolute Gasteiger partial charge is 0.326 e. The first kappa shape index (κ1) is 19.3. The fraction of sp³-hybridized carbons (Fsp3) is 0.238. The van der Waals surface area contributed by atoms with Crippen LogP contribution in [0.2, 0.25) is 0 Å². The summed E-state index contributed by atoms with van der Waals surface area (Å²) >= 11 is 0. The van der Waals surface area contributed by atoms with Crippen molar-refractivity contribution < 1.29 is 14.7 Å². The molecule has 0 unspecified atom stereocenters. The van der Waals surface area contributed by atoms with E-state index in [1.807, 2.05) is 0 Å². The summed E-state index contributed by atoms with van der Waals surface area (Å²) in [4.78, 5) is 41.9. The van der Waals surface area contributed by atoms with Crippen molar-refractivity contribution in [3.63, 3.8) is 0 Å². The highest BCUT2D eigenvalue weighted by Gasteiger charge is 2.30. The zero-order valence-electron chi connectivity index (χ0n) is 15.6. The molecular weight excluding hydrogens is 358 g/mol. The molecule has 0 saturated heterocycles. The van der Waals surface area contributed by atoms with Crippen LogP contribution in [-0.4, -0.2) is 32.6 Å². The first-order valence-corrected chi connectivity index (χ1v) is 8.94. The lowest BCUT2D eigenvalue weighted by Gasteiger charge is -2.24. The molecule has 0 radical (unpaired) electrons. The minimum absolute atomic E-state index is 0.315. The predicted octanol–water partition coefficient (Wildman–Crippen LogP) is 2.21. The molecule has 2 aromatic carbocycles. The van der Waals surface area contributed by atoms with Crippen molar-refractivity contribution in [1.29, 1.82) is 0 Å². The third-order valence-electron chi connectivity index (χ3n) is 4.56. The highest BCUT2D eigenvalue weighted by molar-refractivity contribution is 5.88. The summed E-state index contributed by atoms with van der Waals surface area (Å²) in [5, 5.41) is 12.4. The molecule has 0 aliphatic rings.